The van der Waals surface area contributed by atoms with Crippen LogP contribution in [0.15, 0.2) is 36.7 Å². The van der Waals surface area contributed by atoms with E-state index in [4.69, 9.17) is 4.74 Å². The highest BCUT2D eigenvalue weighted by Crippen LogP contribution is 2.27. The molecule has 1 amide bonds. The first kappa shape index (κ1) is 22.0. The second kappa shape index (κ2) is 9.50. The average Bonchev–Trinajstić information content (AvgIpc) is 3.50. The number of H-pyrrole nitrogens is 1. The molecule has 1 saturated heterocycles. The predicted molar refractivity (Wildman–Crippen MR) is 114 cm³/mol. The Balaban J connectivity index is 1.27. The fourth-order valence-electron chi connectivity index (χ4n) is 3.99. The monoisotopic (exact) mass is 443 g/mol. The van der Waals surface area contributed by atoms with E-state index in [1.54, 1.807) is 6.20 Å². The van der Waals surface area contributed by atoms with E-state index in [1.165, 1.54) is 6.07 Å². The van der Waals surface area contributed by atoms with Gasteiger partial charge in [-0.05, 0) is 24.6 Å². The van der Waals surface area contributed by atoms with E-state index < -0.39 is 11.6 Å². The van der Waals surface area contributed by atoms with Crippen LogP contribution in [0.2, 0.25) is 0 Å². The van der Waals surface area contributed by atoms with Crippen LogP contribution in [0.25, 0.3) is 0 Å². The van der Waals surface area contributed by atoms with Crippen LogP contribution in [0.4, 0.5) is 8.78 Å². The van der Waals surface area contributed by atoms with Crippen molar-refractivity contribution < 1.29 is 18.3 Å². The third kappa shape index (κ3) is 4.98. The number of carbonyl (C=O) groups excluding carboxylic acids is 1. The number of nitrogens with one attached hydrogen (secondary N) is 1. The van der Waals surface area contributed by atoms with E-state index in [1.807, 2.05) is 21.7 Å². The number of nitrogens with zero attached hydrogens (tertiary/aromatic N) is 4. The van der Waals surface area contributed by atoms with E-state index in [-0.39, 0.29) is 23.5 Å². The number of aromatic nitrogens is 4. The Morgan fingerprint density at radius 3 is 2.91 bits per heavy atom. The van der Waals surface area contributed by atoms with Crippen molar-refractivity contribution in [1.82, 2.24) is 24.6 Å². The van der Waals surface area contributed by atoms with Crippen LogP contribution in [-0.2, 0) is 17.8 Å². The van der Waals surface area contributed by atoms with Gasteiger partial charge in [0.15, 0.2) is 11.6 Å². The van der Waals surface area contributed by atoms with E-state index in [2.05, 4.69) is 29.0 Å². The Labute approximate surface area is 185 Å². The lowest BCUT2D eigenvalue weighted by Gasteiger charge is -2.18. The molecule has 1 fully saturated rings. The molecule has 9 heteroatoms. The number of imidazole rings is 1. The number of hydrogen-bond acceptors (Lipinski definition) is 4. The smallest absolute Gasteiger partial charge is 0.242 e. The first-order valence-electron chi connectivity index (χ1n) is 10.8. The topological polar surface area (TPSA) is 76.0 Å². The zero-order chi connectivity index (χ0) is 22.7. The minimum Gasteiger partial charge on any atom is -0.493 e. The molecule has 3 heterocycles. The zero-order valence-corrected chi connectivity index (χ0v) is 18.2. The Morgan fingerprint density at radius 2 is 2.12 bits per heavy atom. The summed E-state index contributed by atoms with van der Waals surface area (Å²) in [4.78, 5) is 19.0. The van der Waals surface area contributed by atoms with Crippen molar-refractivity contribution in [2.24, 2.45) is 0 Å². The largest absolute Gasteiger partial charge is 0.493 e. The highest BCUT2D eigenvalue weighted by atomic mass is 19.2. The SMILES string of the molecule is CC(C)c1nccn1CC(=O)N1CC[C@H](c2cc(CCOc3ccc(F)c(F)c3)[nH]n2)C1. The highest BCUT2D eigenvalue weighted by molar-refractivity contribution is 5.76. The van der Waals surface area contributed by atoms with E-state index >= 15 is 0 Å². The summed E-state index contributed by atoms with van der Waals surface area (Å²) in [6, 6.07) is 5.46. The summed E-state index contributed by atoms with van der Waals surface area (Å²) in [7, 11) is 0. The van der Waals surface area contributed by atoms with Gasteiger partial charge in [-0.2, -0.15) is 5.10 Å². The lowest BCUT2D eigenvalue weighted by atomic mass is 10.0. The fourth-order valence-corrected chi connectivity index (χ4v) is 3.99. The summed E-state index contributed by atoms with van der Waals surface area (Å²) < 4.78 is 33.6. The van der Waals surface area contributed by atoms with Gasteiger partial charge in [-0.1, -0.05) is 13.8 Å². The molecule has 4 rings (SSSR count). The Bertz CT molecular complexity index is 1080. The van der Waals surface area contributed by atoms with Crippen LogP contribution in [0.5, 0.6) is 5.75 Å². The minimum absolute atomic E-state index is 0.0862. The fraction of sp³-hybridized carbons (Fsp3) is 0.435. The second-order valence-corrected chi connectivity index (χ2v) is 8.39. The number of benzene rings is 1. The third-order valence-corrected chi connectivity index (χ3v) is 5.71. The number of carbonyl (C=O) groups is 1. The van der Waals surface area contributed by atoms with Crippen LogP contribution in [0.3, 0.4) is 0 Å². The lowest BCUT2D eigenvalue weighted by Crippen LogP contribution is -2.32. The Morgan fingerprint density at radius 1 is 1.28 bits per heavy atom. The summed E-state index contributed by atoms with van der Waals surface area (Å²) in [6.45, 7) is 6.08. The first-order valence-corrected chi connectivity index (χ1v) is 10.8. The standard InChI is InChI=1S/C23H27F2N5O2/c1-15(2)23-26-7-9-30(23)14-22(31)29-8-5-16(13-29)21-11-17(27-28-21)6-10-32-18-3-4-19(24)20(25)12-18/h3-4,7,9,11-12,15-16H,5-6,8,10,13-14H2,1-2H3,(H,27,28)/t16-/m0/s1. The van der Waals surface area contributed by atoms with E-state index in [9.17, 15) is 13.6 Å². The zero-order valence-electron chi connectivity index (χ0n) is 18.2. The molecule has 0 bridgehead atoms. The maximum absolute atomic E-state index is 13.3. The van der Waals surface area contributed by atoms with Crippen molar-refractivity contribution in [2.45, 2.75) is 45.1 Å². The van der Waals surface area contributed by atoms with Gasteiger partial charge in [0.1, 0.15) is 18.1 Å². The van der Waals surface area contributed by atoms with Gasteiger partial charge in [-0.15, -0.1) is 0 Å². The van der Waals surface area contributed by atoms with Gasteiger partial charge in [0.2, 0.25) is 5.91 Å². The van der Waals surface area contributed by atoms with Crippen molar-refractivity contribution in [1.29, 1.82) is 0 Å². The minimum atomic E-state index is -0.930. The van der Waals surface area contributed by atoms with Crippen molar-refractivity contribution in [2.75, 3.05) is 19.7 Å². The van der Waals surface area contributed by atoms with Gasteiger partial charge in [-0.3, -0.25) is 9.89 Å². The second-order valence-electron chi connectivity index (χ2n) is 8.39. The van der Waals surface area contributed by atoms with Gasteiger partial charge >= 0.3 is 0 Å². The molecule has 0 aliphatic carbocycles. The summed E-state index contributed by atoms with van der Waals surface area (Å²) in [5, 5.41) is 7.42. The maximum atomic E-state index is 13.3. The number of rotatable bonds is 8. The van der Waals surface area contributed by atoms with Crippen LogP contribution < -0.4 is 4.74 Å². The van der Waals surface area contributed by atoms with Crippen molar-refractivity contribution >= 4 is 5.91 Å². The number of hydrogen-bond donors (Lipinski definition) is 1. The van der Waals surface area contributed by atoms with Gasteiger partial charge in [0.05, 0.1) is 12.3 Å². The quantitative estimate of drug-likeness (QED) is 0.577. The molecule has 7 nitrogen and oxygen atoms in total. The van der Waals surface area contributed by atoms with E-state index in [0.717, 1.165) is 35.8 Å². The van der Waals surface area contributed by atoms with Crippen LogP contribution in [0.1, 0.15) is 49.3 Å². The molecular formula is C23H27F2N5O2. The summed E-state index contributed by atoms with van der Waals surface area (Å²) in [6.07, 6.45) is 5.00. The van der Waals surface area contributed by atoms with Crippen LogP contribution in [-0.4, -0.2) is 50.3 Å². The van der Waals surface area contributed by atoms with Gasteiger partial charge < -0.3 is 14.2 Å². The lowest BCUT2D eigenvalue weighted by molar-refractivity contribution is -0.130. The van der Waals surface area contributed by atoms with Crippen molar-refractivity contribution in [3.63, 3.8) is 0 Å². The number of halogens is 2. The van der Waals surface area contributed by atoms with Crippen molar-refractivity contribution in [3.05, 3.63) is 65.5 Å². The Kier molecular flexibility index (Phi) is 6.53. The summed E-state index contributed by atoms with van der Waals surface area (Å²) in [5.74, 6) is -0.0990. The molecule has 1 atom stereocenters. The molecular weight excluding hydrogens is 416 g/mol. The molecule has 3 aromatic rings. The van der Waals surface area contributed by atoms with Gasteiger partial charge in [0, 0.05) is 55.5 Å². The average molecular weight is 443 g/mol. The molecule has 0 saturated carbocycles. The number of amides is 1. The van der Waals surface area contributed by atoms with Crippen LogP contribution in [0, 0.1) is 11.6 Å². The van der Waals surface area contributed by atoms with Gasteiger partial charge in [0.25, 0.3) is 0 Å². The molecule has 2 aromatic heterocycles. The molecule has 32 heavy (non-hydrogen) atoms. The highest BCUT2D eigenvalue weighted by Gasteiger charge is 2.29. The molecule has 1 aromatic carbocycles. The van der Waals surface area contributed by atoms with Crippen molar-refractivity contribution in [3.8, 4) is 5.75 Å². The molecule has 0 spiro atoms. The third-order valence-electron chi connectivity index (χ3n) is 5.71. The van der Waals surface area contributed by atoms with Gasteiger partial charge in [-0.25, -0.2) is 13.8 Å². The molecule has 0 radical (unpaired) electrons. The molecule has 1 aliphatic heterocycles. The molecule has 0 unspecified atom stereocenters. The number of likely N-dealkylation sites (tertiary alicyclic amines) is 1. The summed E-state index contributed by atoms with van der Waals surface area (Å²) >= 11 is 0. The van der Waals surface area contributed by atoms with E-state index in [0.29, 0.717) is 32.7 Å². The Hall–Kier alpha value is -3.23. The first-order chi connectivity index (χ1) is 15.4. The number of aromatic amines is 1. The molecule has 1 N–H and O–H groups in total. The predicted octanol–water partition coefficient (Wildman–Crippen LogP) is 3.65. The van der Waals surface area contributed by atoms with Crippen LogP contribution >= 0.6 is 0 Å². The number of ether oxygens (including phenoxy) is 1. The normalized spacial score (nSPS) is 16.2. The molecule has 1 aliphatic rings. The summed E-state index contributed by atoms with van der Waals surface area (Å²) in [5.41, 5.74) is 1.82. The molecule has 170 valence electrons. The maximum Gasteiger partial charge on any atom is 0.242 e.